The second kappa shape index (κ2) is 2.88. The minimum Gasteiger partial charge on any atom is -0.611 e. The Kier molecular flexibility index (Phi) is 1.88. The van der Waals surface area contributed by atoms with Crippen molar-refractivity contribution in [3.05, 3.63) is 30.3 Å². The van der Waals surface area contributed by atoms with Crippen molar-refractivity contribution in [3.8, 4) is 0 Å². The lowest BCUT2D eigenvalue weighted by Gasteiger charge is -2.07. The number of benzene rings is 1. The van der Waals surface area contributed by atoms with Crippen LogP contribution < -0.4 is 0 Å². The Balaban J connectivity index is 2.15. The quantitative estimate of drug-likeness (QED) is 0.612. The average Bonchev–Trinajstić information content (AvgIpc) is 2.87. The highest BCUT2D eigenvalue weighted by Crippen LogP contribution is 2.32. The molecule has 0 amide bonds. The molecule has 57 valence electrons. The summed E-state index contributed by atoms with van der Waals surface area (Å²) in [5.74, 6) is 0. The summed E-state index contributed by atoms with van der Waals surface area (Å²) < 4.78 is 11.5. The summed E-state index contributed by atoms with van der Waals surface area (Å²) in [5.41, 5.74) is 0. The van der Waals surface area contributed by atoms with Crippen LogP contribution in [0.4, 0.5) is 0 Å². The summed E-state index contributed by atoms with van der Waals surface area (Å²) >= 11 is -0.744. The molecule has 1 atom stereocenters. The molecule has 0 bridgehead atoms. The van der Waals surface area contributed by atoms with Gasteiger partial charge in [0.25, 0.3) is 0 Å². The van der Waals surface area contributed by atoms with Gasteiger partial charge in [0.2, 0.25) is 0 Å². The highest BCUT2D eigenvalue weighted by Gasteiger charge is 2.35. The maximum atomic E-state index is 11.5. The van der Waals surface area contributed by atoms with Gasteiger partial charge in [-0.2, -0.15) is 0 Å². The Morgan fingerprint density at radius 2 is 2.00 bits per heavy atom. The molecule has 0 heterocycles. The first kappa shape index (κ1) is 7.19. The van der Waals surface area contributed by atoms with Gasteiger partial charge < -0.3 is 4.55 Å². The maximum absolute atomic E-state index is 11.5. The molecule has 1 aliphatic rings. The summed E-state index contributed by atoms with van der Waals surface area (Å²) in [6, 6.07) is 10.3. The smallest absolute Gasteiger partial charge is 0.152 e. The van der Waals surface area contributed by atoms with E-state index in [0.29, 0.717) is 5.25 Å². The second-order valence-electron chi connectivity index (χ2n) is 2.73. The van der Waals surface area contributed by atoms with E-state index in [2.05, 4.69) is 6.07 Å². The molecule has 1 radical (unpaired) electrons. The van der Waals surface area contributed by atoms with Crippen LogP contribution in [0.5, 0.6) is 0 Å². The van der Waals surface area contributed by atoms with E-state index < -0.39 is 11.2 Å². The van der Waals surface area contributed by atoms with Crippen LogP contribution in [0.3, 0.4) is 0 Å². The van der Waals surface area contributed by atoms with E-state index >= 15 is 0 Å². The van der Waals surface area contributed by atoms with Crippen LogP contribution in [0.25, 0.3) is 0 Å². The Labute approximate surface area is 69.6 Å². The van der Waals surface area contributed by atoms with Crippen molar-refractivity contribution in [2.75, 3.05) is 0 Å². The molecule has 0 aromatic heterocycles. The van der Waals surface area contributed by atoms with Crippen LogP contribution in [-0.4, -0.2) is 9.80 Å². The Morgan fingerprint density at radius 3 is 2.55 bits per heavy atom. The van der Waals surface area contributed by atoms with Crippen molar-refractivity contribution in [3.63, 3.8) is 0 Å². The van der Waals surface area contributed by atoms with Gasteiger partial charge in [0.05, 0.1) is 0 Å². The fraction of sp³-hybridized carbons (Fsp3) is 0.333. The summed E-state index contributed by atoms with van der Waals surface area (Å²) in [6.07, 6.45) is 2.26. The second-order valence-corrected chi connectivity index (χ2v) is 4.47. The van der Waals surface area contributed by atoms with Gasteiger partial charge in [0, 0.05) is 12.8 Å². The number of hydrogen-bond donors (Lipinski definition) is 0. The molecule has 2 rings (SSSR count). The largest absolute Gasteiger partial charge is 0.611 e. The number of rotatable bonds is 2. The van der Waals surface area contributed by atoms with E-state index in [4.69, 9.17) is 0 Å². The van der Waals surface area contributed by atoms with Crippen molar-refractivity contribution in [1.29, 1.82) is 0 Å². The third-order valence-corrected chi connectivity index (χ3v) is 3.56. The number of hydrogen-bond acceptors (Lipinski definition) is 1. The Hall–Kier alpha value is -0.470. The topological polar surface area (TPSA) is 23.1 Å². The summed E-state index contributed by atoms with van der Waals surface area (Å²) in [4.78, 5) is 0.950. The van der Waals surface area contributed by atoms with Crippen LogP contribution >= 0.6 is 0 Å². The minimum atomic E-state index is -0.744. The molecule has 1 aliphatic carbocycles. The average molecular weight is 165 g/mol. The zero-order valence-electron chi connectivity index (χ0n) is 6.12. The molecular weight excluding hydrogens is 156 g/mol. The standard InChI is InChI=1S/C9H9OS/c10-11(9-6-7-9)8-4-2-1-3-5-8/h2-5,9H,6-7H2. The fourth-order valence-corrected chi connectivity index (χ4v) is 2.33. The van der Waals surface area contributed by atoms with Gasteiger partial charge in [-0.3, -0.25) is 0 Å². The van der Waals surface area contributed by atoms with Crippen molar-refractivity contribution in [2.45, 2.75) is 23.0 Å². The fourth-order valence-electron chi connectivity index (χ4n) is 0.980. The summed E-state index contributed by atoms with van der Waals surface area (Å²) in [5, 5.41) is 0.442. The molecule has 1 fully saturated rings. The first-order chi connectivity index (χ1) is 5.38. The summed E-state index contributed by atoms with van der Waals surface area (Å²) in [6.45, 7) is 0. The van der Waals surface area contributed by atoms with Gasteiger partial charge in [-0.1, -0.05) is 0 Å². The molecule has 1 aromatic carbocycles. The van der Waals surface area contributed by atoms with Crippen molar-refractivity contribution >= 4 is 11.2 Å². The summed E-state index contributed by atoms with van der Waals surface area (Å²) in [7, 11) is 0. The highest BCUT2D eigenvalue weighted by molar-refractivity contribution is 7.92. The van der Waals surface area contributed by atoms with Gasteiger partial charge >= 0.3 is 0 Å². The van der Waals surface area contributed by atoms with Crippen LogP contribution in [0.1, 0.15) is 12.8 Å². The highest BCUT2D eigenvalue weighted by atomic mass is 32.2. The molecular formula is C9H9OS. The van der Waals surface area contributed by atoms with Gasteiger partial charge in [-0.25, -0.2) is 0 Å². The van der Waals surface area contributed by atoms with Crippen LogP contribution in [0, 0.1) is 6.07 Å². The van der Waals surface area contributed by atoms with Crippen molar-refractivity contribution in [2.24, 2.45) is 0 Å². The van der Waals surface area contributed by atoms with E-state index in [1.54, 1.807) is 0 Å². The molecule has 0 aliphatic heterocycles. The van der Waals surface area contributed by atoms with Gasteiger partial charge in [0.1, 0.15) is 5.25 Å². The molecule has 2 heteroatoms. The van der Waals surface area contributed by atoms with Gasteiger partial charge in [-0.15, -0.1) is 0 Å². The third-order valence-electron chi connectivity index (χ3n) is 1.75. The van der Waals surface area contributed by atoms with Gasteiger partial charge in [-0.05, 0) is 41.5 Å². The zero-order valence-corrected chi connectivity index (χ0v) is 6.93. The first-order valence-electron chi connectivity index (χ1n) is 3.74. The van der Waals surface area contributed by atoms with Crippen molar-refractivity contribution in [1.82, 2.24) is 0 Å². The van der Waals surface area contributed by atoms with E-state index in [1.807, 2.05) is 24.3 Å². The van der Waals surface area contributed by atoms with Gasteiger partial charge in [0.15, 0.2) is 4.90 Å². The monoisotopic (exact) mass is 165 g/mol. The third kappa shape index (κ3) is 1.57. The zero-order chi connectivity index (χ0) is 7.68. The Morgan fingerprint density at radius 1 is 1.36 bits per heavy atom. The predicted molar refractivity (Wildman–Crippen MR) is 44.7 cm³/mol. The van der Waals surface area contributed by atoms with E-state index in [1.165, 1.54) is 0 Å². The maximum Gasteiger partial charge on any atom is 0.152 e. The van der Waals surface area contributed by atoms with E-state index in [9.17, 15) is 4.55 Å². The van der Waals surface area contributed by atoms with Crippen molar-refractivity contribution < 1.29 is 4.55 Å². The SMILES string of the molecule is [O-][S+](c1cc[c]cc1)C1CC1. The normalized spacial score (nSPS) is 19.7. The molecule has 0 N–H and O–H groups in total. The van der Waals surface area contributed by atoms with Crippen LogP contribution in [0.15, 0.2) is 29.2 Å². The molecule has 1 saturated carbocycles. The van der Waals surface area contributed by atoms with E-state index in [-0.39, 0.29) is 0 Å². The molecule has 0 saturated heterocycles. The molecule has 1 nitrogen and oxygen atoms in total. The molecule has 1 unspecified atom stereocenters. The molecule has 11 heavy (non-hydrogen) atoms. The van der Waals surface area contributed by atoms with Crippen LogP contribution in [-0.2, 0) is 11.2 Å². The minimum absolute atomic E-state index is 0.442. The first-order valence-corrected chi connectivity index (χ1v) is 4.96. The lowest BCUT2D eigenvalue weighted by molar-refractivity contribution is 0.594. The lowest BCUT2D eigenvalue weighted by atomic mass is 10.4. The predicted octanol–water partition coefficient (Wildman–Crippen LogP) is 1.76. The molecule has 1 aromatic rings. The van der Waals surface area contributed by atoms with Crippen LogP contribution in [0.2, 0.25) is 0 Å². The van der Waals surface area contributed by atoms with E-state index in [0.717, 1.165) is 17.7 Å². The lowest BCUT2D eigenvalue weighted by Crippen LogP contribution is -2.06. The Bertz CT molecular complexity index is 231. The molecule has 0 spiro atoms.